The van der Waals surface area contributed by atoms with Gasteiger partial charge in [-0.15, -0.1) is 0 Å². The molecule has 1 amide bonds. The van der Waals surface area contributed by atoms with Crippen molar-refractivity contribution in [2.75, 3.05) is 26.2 Å². The molecule has 2 N–H and O–H groups in total. The lowest BCUT2D eigenvalue weighted by atomic mass is 9.95. The number of aliphatic hydroxyl groups is 1. The molecule has 2 aliphatic rings. The Balaban J connectivity index is 1.74. The predicted molar refractivity (Wildman–Crippen MR) is 52.8 cm³/mol. The fourth-order valence-corrected chi connectivity index (χ4v) is 2.22. The topological polar surface area (TPSA) is 52.6 Å². The molecule has 2 fully saturated rings. The molecule has 0 spiro atoms. The van der Waals surface area contributed by atoms with Gasteiger partial charge < -0.3 is 15.3 Å². The summed E-state index contributed by atoms with van der Waals surface area (Å²) >= 11 is 0. The third kappa shape index (κ3) is 2.07. The Labute approximate surface area is 84.3 Å². The van der Waals surface area contributed by atoms with Crippen LogP contribution >= 0.6 is 0 Å². The average molecular weight is 198 g/mol. The minimum atomic E-state index is -0.635. The number of hydrogen-bond acceptors (Lipinski definition) is 3. The highest BCUT2D eigenvalue weighted by molar-refractivity contribution is 5.77. The third-order valence-corrected chi connectivity index (χ3v) is 3.04. The van der Waals surface area contributed by atoms with Crippen molar-refractivity contribution < 1.29 is 9.90 Å². The number of carbonyl (C=O) groups excluding carboxylic acids is 1. The quantitative estimate of drug-likeness (QED) is 0.633. The van der Waals surface area contributed by atoms with Gasteiger partial charge in [0.2, 0.25) is 5.91 Å². The molecular formula is C10H18N2O2. The van der Waals surface area contributed by atoms with E-state index in [0.29, 0.717) is 25.4 Å². The lowest BCUT2D eigenvalue weighted by Crippen LogP contribution is -2.61. The van der Waals surface area contributed by atoms with Crippen molar-refractivity contribution in [2.24, 2.45) is 5.92 Å². The van der Waals surface area contributed by atoms with Crippen LogP contribution in [0.4, 0.5) is 0 Å². The average Bonchev–Trinajstić information content (AvgIpc) is 2.52. The maximum absolute atomic E-state index is 11.7. The Kier molecular flexibility index (Phi) is 2.49. The van der Waals surface area contributed by atoms with Crippen molar-refractivity contribution in [3.63, 3.8) is 0 Å². The summed E-state index contributed by atoms with van der Waals surface area (Å²) in [7, 11) is 0. The van der Waals surface area contributed by atoms with Crippen LogP contribution in [-0.4, -0.2) is 47.7 Å². The van der Waals surface area contributed by atoms with Crippen molar-refractivity contribution in [1.82, 2.24) is 10.2 Å². The van der Waals surface area contributed by atoms with E-state index >= 15 is 0 Å². The zero-order valence-electron chi connectivity index (χ0n) is 8.62. The summed E-state index contributed by atoms with van der Waals surface area (Å²) < 4.78 is 0. The number of nitrogens with one attached hydrogen (secondary N) is 1. The van der Waals surface area contributed by atoms with E-state index in [1.54, 1.807) is 11.8 Å². The fourth-order valence-electron chi connectivity index (χ4n) is 2.22. The van der Waals surface area contributed by atoms with E-state index < -0.39 is 5.60 Å². The minimum Gasteiger partial charge on any atom is -0.386 e. The molecule has 0 bridgehead atoms. The molecule has 80 valence electrons. The van der Waals surface area contributed by atoms with Gasteiger partial charge in [0.25, 0.3) is 0 Å². The van der Waals surface area contributed by atoms with Crippen LogP contribution in [0.25, 0.3) is 0 Å². The number of carbonyl (C=O) groups is 1. The number of amides is 1. The molecule has 0 saturated carbocycles. The molecule has 2 rings (SSSR count). The Morgan fingerprint density at radius 2 is 2.36 bits per heavy atom. The number of likely N-dealkylation sites (tertiary alicyclic amines) is 1. The van der Waals surface area contributed by atoms with Gasteiger partial charge in [0.15, 0.2) is 0 Å². The van der Waals surface area contributed by atoms with Crippen molar-refractivity contribution in [2.45, 2.75) is 25.4 Å². The zero-order chi connectivity index (χ0) is 10.2. The monoisotopic (exact) mass is 198 g/mol. The third-order valence-electron chi connectivity index (χ3n) is 3.04. The first-order chi connectivity index (χ1) is 6.57. The minimum absolute atomic E-state index is 0.199. The summed E-state index contributed by atoms with van der Waals surface area (Å²) in [5.74, 6) is 0.707. The summed E-state index contributed by atoms with van der Waals surface area (Å²) in [5, 5.41) is 12.7. The van der Waals surface area contributed by atoms with Crippen LogP contribution in [0.3, 0.4) is 0 Å². The summed E-state index contributed by atoms with van der Waals surface area (Å²) in [5.41, 5.74) is -0.635. The highest BCUT2D eigenvalue weighted by atomic mass is 16.3. The second-order valence-electron chi connectivity index (χ2n) is 4.81. The van der Waals surface area contributed by atoms with Crippen molar-refractivity contribution >= 4 is 5.91 Å². The van der Waals surface area contributed by atoms with Gasteiger partial charge in [-0.05, 0) is 32.4 Å². The zero-order valence-corrected chi connectivity index (χ0v) is 8.62. The van der Waals surface area contributed by atoms with Gasteiger partial charge in [-0.2, -0.15) is 0 Å². The predicted octanol–water partition coefficient (Wildman–Crippen LogP) is -0.421. The number of rotatable bonds is 2. The van der Waals surface area contributed by atoms with E-state index in [9.17, 15) is 9.90 Å². The molecule has 0 aliphatic carbocycles. The molecule has 0 aromatic rings. The van der Waals surface area contributed by atoms with Crippen LogP contribution in [0.2, 0.25) is 0 Å². The van der Waals surface area contributed by atoms with Crippen LogP contribution in [0, 0.1) is 5.92 Å². The lowest BCUT2D eigenvalue weighted by Gasteiger charge is -2.44. The Hall–Kier alpha value is -0.610. The Bertz CT molecular complexity index is 226. The second-order valence-corrected chi connectivity index (χ2v) is 4.81. The van der Waals surface area contributed by atoms with Crippen molar-refractivity contribution in [3.05, 3.63) is 0 Å². The molecule has 4 heteroatoms. The van der Waals surface area contributed by atoms with Crippen LogP contribution in [0.1, 0.15) is 19.8 Å². The van der Waals surface area contributed by atoms with Crippen molar-refractivity contribution in [3.8, 4) is 0 Å². The van der Waals surface area contributed by atoms with Crippen LogP contribution in [0.5, 0.6) is 0 Å². The first kappa shape index (κ1) is 9.93. The molecule has 1 atom stereocenters. The van der Waals surface area contributed by atoms with Gasteiger partial charge in [-0.25, -0.2) is 0 Å². The first-order valence-electron chi connectivity index (χ1n) is 5.28. The van der Waals surface area contributed by atoms with Gasteiger partial charge in [0, 0.05) is 6.42 Å². The first-order valence-corrected chi connectivity index (χ1v) is 5.28. The molecule has 0 radical (unpaired) electrons. The van der Waals surface area contributed by atoms with E-state index in [-0.39, 0.29) is 5.91 Å². The Morgan fingerprint density at radius 1 is 1.64 bits per heavy atom. The molecule has 4 nitrogen and oxygen atoms in total. The van der Waals surface area contributed by atoms with Gasteiger partial charge in [0.05, 0.1) is 18.7 Å². The van der Waals surface area contributed by atoms with Gasteiger partial charge in [-0.3, -0.25) is 4.79 Å². The van der Waals surface area contributed by atoms with Crippen LogP contribution in [-0.2, 0) is 4.79 Å². The summed E-state index contributed by atoms with van der Waals surface area (Å²) in [6.45, 7) is 4.79. The van der Waals surface area contributed by atoms with E-state index in [1.807, 2.05) is 0 Å². The number of nitrogens with zero attached hydrogens (tertiary/aromatic N) is 1. The van der Waals surface area contributed by atoms with E-state index in [1.165, 1.54) is 0 Å². The normalized spacial score (nSPS) is 30.1. The maximum Gasteiger partial charge on any atom is 0.223 e. The highest BCUT2D eigenvalue weighted by Gasteiger charge is 2.39. The van der Waals surface area contributed by atoms with E-state index in [2.05, 4.69) is 5.32 Å². The molecule has 1 unspecified atom stereocenters. The molecule has 2 heterocycles. The van der Waals surface area contributed by atoms with Crippen LogP contribution in [0.15, 0.2) is 0 Å². The SMILES string of the molecule is CC1(O)CN(C(=O)CC2CCNC2)C1. The lowest BCUT2D eigenvalue weighted by molar-refractivity contribution is -0.153. The summed E-state index contributed by atoms with van der Waals surface area (Å²) in [4.78, 5) is 13.4. The smallest absolute Gasteiger partial charge is 0.223 e. The summed E-state index contributed by atoms with van der Waals surface area (Å²) in [6, 6.07) is 0. The summed E-state index contributed by atoms with van der Waals surface area (Å²) in [6.07, 6.45) is 1.75. The maximum atomic E-state index is 11.7. The molecule has 2 saturated heterocycles. The number of hydrogen-bond donors (Lipinski definition) is 2. The molecule has 0 aromatic carbocycles. The van der Waals surface area contributed by atoms with E-state index in [0.717, 1.165) is 19.5 Å². The van der Waals surface area contributed by atoms with E-state index in [4.69, 9.17) is 0 Å². The van der Waals surface area contributed by atoms with Gasteiger partial charge in [-0.1, -0.05) is 0 Å². The molecule has 2 aliphatic heterocycles. The highest BCUT2D eigenvalue weighted by Crippen LogP contribution is 2.22. The van der Waals surface area contributed by atoms with Crippen molar-refractivity contribution in [1.29, 1.82) is 0 Å². The largest absolute Gasteiger partial charge is 0.386 e. The second kappa shape index (κ2) is 3.51. The molecule has 14 heavy (non-hydrogen) atoms. The standard InChI is InChI=1S/C10H18N2O2/c1-10(14)6-12(7-10)9(13)4-8-2-3-11-5-8/h8,11,14H,2-7H2,1H3. The Morgan fingerprint density at radius 3 is 2.86 bits per heavy atom. The number of β-amino-alcohol motifs (C(OH)–C–C–N with tert-alkyl or cyclic N) is 1. The van der Waals surface area contributed by atoms with Gasteiger partial charge in [0.1, 0.15) is 0 Å². The van der Waals surface area contributed by atoms with Gasteiger partial charge >= 0.3 is 0 Å². The molecular weight excluding hydrogens is 180 g/mol. The molecule has 0 aromatic heterocycles. The fraction of sp³-hybridized carbons (Fsp3) is 0.900. The van der Waals surface area contributed by atoms with Crippen LogP contribution < -0.4 is 5.32 Å².